The van der Waals surface area contributed by atoms with Gasteiger partial charge < -0.3 is 10.1 Å². The van der Waals surface area contributed by atoms with Gasteiger partial charge in [-0.3, -0.25) is 4.99 Å². The molecule has 5 heteroatoms. The molecular weight excluding hydrogens is 224 g/mol. The number of carbonyl (C=O) groups excluding carboxylic acids is 1. The van der Waals surface area contributed by atoms with E-state index in [1.807, 2.05) is 0 Å². The van der Waals surface area contributed by atoms with Crippen LogP contribution in [0.25, 0.3) is 0 Å². The van der Waals surface area contributed by atoms with Crippen molar-refractivity contribution in [2.45, 2.75) is 38.5 Å². The van der Waals surface area contributed by atoms with Crippen molar-refractivity contribution < 1.29 is 9.53 Å². The number of thioether (sulfide) groups is 1. The van der Waals surface area contributed by atoms with Crippen molar-refractivity contribution in [1.29, 1.82) is 0 Å². The minimum Gasteiger partial charge on any atom is -0.467 e. The molecule has 92 valence electrons. The topological polar surface area (TPSA) is 50.7 Å². The minimum absolute atomic E-state index is 0.212. The van der Waals surface area contributed by atoms with E-state index in [9.17, 15) is 4.79 Å². The van der Waals surface area contributed by atoms with Gasteiger partial charge in [-0.1, -0.05) is 32.5 Å². The van der Waals surface area contributed by atoms with E-state index in [1.54, 1.807) is 11.8 Å². The maximum absolute atomic E-state index is 11.6. The lowest BCUT2D eigenvalue weighted by Gasteiger charge is -2.18. The Morgan fingerprint density at radius 2 is 2.38 bits per heavy atom. The Balaban J connectivity index is 2.53. The summed E-state index contributed by atoms with van der Waals surface area (Å²) in [4.78, 5) is 15.9. The molecule has 0 spiro atoms. The number of rotatable bonds is 4. The Kier molecular flexibility index (Phi) is 5.12. The van der Waals surface area contributed by atoms with Gasteiger partial charge in [0.05, 0.1) is 13.7 Å². The summed E-state index contributed by atoms with van der Waals surface area (Å²) >= 11 is 1.68. The molecule has 0 aromatic carbocycles. The molecule has 1 N–H and O–H groups in total. The fourth-order valence-corrected chi connectivity index (χ4v) is 2.42. The largest absolute Gasteiger partial charge is 0.467 e. The van der Waals surface area contributed by atoms with Gasteiger partial charge in [0, 0.05) is 5.25 Å². The fourth-order valence-electron chi connectivity index (χ4n) is 1.53. The van der Waals surface area contributed by atoms with Crippen LogP contribution in [0.15, 0.2) is 4.99 Å². The highest BCUT2D eigenvalue weighted by Crippen LogP contribution is 2.19. The molecule has 0 saturated carbocycles. The van der Waals surface area contributed by atoms with Crippen LogP contribution in [0.3, 0.4) is 0 Å². The Hall–Kier alpha value is -0.710. The third-order valence-electron chi connectivity index (χ3n) is 2.30. The molecule has 0 aromatic rings. The first-order chi connectivity index (χ1) is 7.52. The Morgan fingerprint density at radius 3 is 2.81 bits per heavy atom. The molecule has 1 rings (SSSR count). The Bertz CT molecular complexity index is 279. The van der Waals surface area contributed by atoms with Crippen molar-refractivity contribution in [3.63, 3.8) is 0 Å². The molecule has 4 nitrogen and oxygen atoms in total. The van der Waals surface area contributed by atoms with Crippen molar-refractivity contribution in [2.24, 2.45) is 10.9 Å². The molecule has 2 atom stereocenters. The molecule has 1 aliphatic heterocycles. The second kappa shape index (κ2) is 6.13. The molecule has 0 saturated heterocycles. The number of ether oxygens (including phenoxy) is 1. The van der Waals surface area contributed by atoms with Gasteiger partial charge in [0.25, 0.3) is 0 Å². The lowest BCUT2D eigenvalue weighted by Crippen LogP contribution is -2.41. The summed E-state index contributed by atoms with van der Waals surface area (Å²) < 4.78 is 4.78. The molecule has 0 aromatic heterocycles. The molecule has 16 heavy (non-hydrogen) atoms. The number of methoxy groups -OCH3 is 1. The highest BCUT2D eigenvalue weighted by molar-refractivity contribution is 8.14. The number of amidine groups is 1. The third-order valence-corrected chi connectivity index (χ3v) is 3.32. The first-order valence-electron chi connectivity index (χ1n) is 5.58. The van der Waals surface area contributed by atoms with Gasteiger partial charge >= 0.3 is 5.97 Å². The fraction of sp³-hybridized carbons (Fsp3) is 0.818. The predicted molar refractivity (Wildman–Crippen MR) is 67.7 cm³/mol. The van der Waals surface area contributed by atoms with Gasteiger partial charge in [-0.25, -0.2) is 4.79 Å². The summed E-state index contributed by atoms with van der Waals surface area (Å²) in [5.41, 5.74) is 0. The quantitative estimate of drug-likeness (QED) is 0.764. The van der Waals surface area contributed by atoms with E-state index < -0.39 is 0 Å². The molecule has 2 unspecified atom stereocenters. The summed E-state index contributed by atoms with van der Waals surface area (Å²) in [6.45, 7) is 7.12. The van der Waals surface area contributed by atoms with Gasteiger partial charge in [0.15, 0.2) is 5.17 Å². The predicted octanol–water partition coefficient (Wildman–Crippen LogP) is 1.66. The average molecular weight is 244 g/mol. The summed E-state index contributed by atoms with van der Waals surface area (Å²) in [7, 11) is 1.42. The highest BCUT2D eigenvalue weighted by Gasteiger charge is 2.24. The first kappa shape index (κ1) is 13.4. The lowest BCUT2D eigenvalue weighted by molar-refractivity contribution is -0.143. The smallest absolute Gasteiger partial charge is 0.328 e. The molecule has 1 heterocycles. The minimum atomic E-state index is -0.276. The van der Waals surface area contributed by atoms with Gasteiger partial charge in [-0.2, -0.15) is 0 Å². The second-order valence-electron chi connectivity index (χ2n) is 4.42. The molecule has 1 aliphatic rings. The van der Waals surface area contributed by atoms with Crippen LogP contribution >= 0.6 is 11.8 Å². The standard InChI is InChI=1S/C11H20N2O2S/c1-7(2)5-9(10(14)15-4)13-11-12-6-8(3)16-11/h7-9H,5-6H2,1-4H3,(H,12,13). The molecule has 0 amide bonds. The van der Waals surface area contributed by atoms with E-state index in [0.717, 1.165) is 18.1 Å². The van der Waals surface area contributed by atoms with Gasteiger partial charge in [0.2, 0.25) is 0 Å². The van der Waals surface area contributed by atoms with Crippen LogP contribution in [-0.4, -0.2) is 36.1 Å². The van der Waals surface area contributed by atoms with Crippen LogP contribution in [-0.2, 0) is 9.53 Å². The normalized spacial score (nSPS) is 21.8. The zero-order valence-electron chi connectivity index (χ0n) is 10.3. The van der Waals surface area contributed by atoms with Crippen LogP contribution in [0.1, 0.15) is 27.2 Å². The zero-order valence-corrected chi connectivity index (χ0v) is 11.1. The third kappa shape index (κ3) is 4.04. The molecule has 0 bridgehead atoms. The first-order valence-corrected chi connectivity index (χ1v) is 6.46. The molecule has 0 aliphatic carbocycles. The van der Waals surface area contributed by atoms with Gasteiger partial charge in [0.1, 0.15) is 6.04 Å². The van der Waals surface area contributed by atoms with Crippen molar-refractivity contribution in [3.8, 4) is 0 Å². The summed E-state index contributed by atoms with van der Waals surface area (Å²) in [5, 5.41) is 4.53. The number of nitrogens with zero attached hydrogens (tertiary/aromatic N) is 1. The lowest BCUT2D eigenvalue weighted by atomic mass is 10.0. The van der Waals surface area contributed by atoms with Crippen molar-refractivity contribution in [3.05, 3.63) is 0 Å². The maximum Gasteiger partial charge on any atom is 0.328 e. The molecule has 0 fully saturated rings. The Morgan fingerprint density at radius 1 is 1.69 bits per heavy atom. The number of hydrogen-bond donors (Lipinski definition) is 1. The number of aliphatic imine (C=N–C) groups is 1. The maximum atomic E-state index is 11.6. The van der Waals surface area contributed by atoms with Crippen LogP contribution < -0.4 is 5.32 Å². The van der Waals surface area contributed by atoms with Gasteiger partial charge in [-0.15, -0.1) is 0 Å². The summed E-state index contributed by atoms with van der Waals surface area (Å²) in [6, 6.07) is -0.276. The van der Waals surface area contributed by atoms with E-state index in [-0.39, 0.29) is 12.0 Å². The Labute approximate surface area is 101 Å². The second-order valence-corrected chi connectivity index (χ2v) is 5.85. The number of carbonyl (C=O) groups is 1. The van der Waals surface area contributed by atoms with E-state index >= 15 is 0 Å². The summed E-state index contributed by atoms with van der Waals surface area (Å²) in [6.07, 6.45) is 0.765. The van der Waals surface area contributed by atoms with Crippen LogP contribution in [0.2, 0.25) is 0 Å². The van der Waals surface area contributed by atoms with Crippen LogP contribution in [0.5, 0.6) is 0 Å². The zero-order chi connectivity index (χ0) is 12.1. The van der Waals surface area contributed by atoms with Crippen LogP contribution in [0, 0.1) is 5.92 Å². The monoisotopic (exact) mass is 244 g/mol. The van der Waals surface area contributed by atoms with Crippen molar-refractivity contribution in [2.75, 3.05) is 13.7 Å². The number of esters is 1. The highest BCUT2D eigenvalue weighted by atomic mass is 32.2. The number of hydrogen-bond acceptors (Lipinski definition) is 5. The average Bonchev–Trinajstić information content (AvgIpc) is 2.61. The van der Waals surface area contributed by atoms with E-state index in [2.05, 4.69) is 31.1 Å². The van der Waals surface area contributed by atoms with Gasteiger partial charge in [-0.05, 0) is 12.3 Å². The van der Waals surface area contributed by atoms with E-state index in [4.69, 9.17) is 4.74 Å². The van der Waals surface area contributed by atoms with E-state index in [1.165, 1.54) is 7.11 Å². The molecule has 0 radical (unpaired) electrons. The van der Waals surface area contributed by atoms with Crippen LogP contribution in [0.4, 0.5) is 0 Å². The SMILES string of the molecule is COC(=O)C(CC(C)C)NC1=NCC(C)S1. The molecular formula is C11H20N2O2S. The number of nitrogens with one attached hydrogen (secondary N) is 1. The van der Waals surface area contributed by atoms with E-state index in [0.29, 0.717) is 11.2 Å². The van der Waals surface area contributed by atoms with Crippen molar-refractivity contribution in [1.82, 2.24) is 5.32 Å². The van der Waals surface area contributed by atoms with Crippen molar-refractivity contribution >= 4 is 22.9 Å². The summed E-state index contributed by atoms with van der Waals surface area (Å²) in [5.74, 6) is 0.234.